The smallest absolute Gasteiger partial charge is 0.382 e. The number of amides is 1. The Hall–Kier alpha value is -2.92. The molecule has 1 saturated carbocycles. The van der Waals surface area contributed by atoms with Gasteiger partial charge in [-0.05, 0) is 55.7 Å². The maximum absolute atomic E-state index is 13.8. The quantitative estimate of drug-likeness (QED) is 0.523. The third-order valence-electron chi connectivity index (χ3n) is 6.83. The van der Waals surface area contributed by atoms with Gasteiger partial charge in [-0.15, -0.1) is 0 Å². The van der Waals surface area contributed by atoms with Gasteiger partial charge in [-0.3, -0.25) is 9.59 Å². The van der Waals surface area contributed by atoms with Crippen LogP contribution in [-0.2, 0) is 17.3 Å². The molecule has 1 fully saturated rings. The first-order chi connectivity index (χ1) is 16.9. The Balaban J connectivity index is 1.69. The highest BCUT2D eigenvalue weighted by Gasteiger charge is 2.45. The summed E-state index contributed by atoms with van der Waals surface area (Å²) in [5, 5.41) is 7.20. The number of ether oxygens (including phenoxy) is 1. The molecule has 0 saturated heterocycles. The number of aromatic nitrogens is 2. The number of nitrogens with zero attached hydrogens (tertiary/aromatic N) is 2. The lowest BCUT2D eigenvalue weighted by atomic mass is 9.75. The summed E-state index contributed by atoms with van der Waals surface area (Å²) in [6.45, 7) is 4.65. The monoisotopic (exact) mass is 507 g/mol. The van der Waals surface area contributed by atoms with Gasteiger partial charge < -0.3 is 21.5 Å². The van der Waals surface area contributed by atoms with E-state index in [0.29, 0.717) is 24.5 Å². The number of hydrogen-bond acceptors (Lipinski definition) is 6. The van der Waals surface area contributed by atoms with Crippen LogP contribution in [0.3, 0.4) is 0 Å². The second-order valence-corrected chi connectivity index (χ2v) is 10.4. The summed E-state index contributed by atoms with van der Waals surface area (Å²) >= 11 is 0. The number of alkyl halides is 3. The molecule has 0 atom stereocenters. The number of halogens is 3. The van der Waals surface area contributed by atoms with E-state index < -0.39 is 29.0 Å². The summed E-state index contributed by atoms with van der Waals surface area (Å²) in [4.78, 5) is 24.8. The Kier molecular flexibility index (Phi) is 7.16. The van der Waals surface area contributed by atoms with Gasteiger partial charge in [-0.25, -0.2) is 4.68 Å². The summed E-state index contributed by atoms with van der Waals surface area (Å²) < 4.78 is 48.4. The van der Waals surface area contributed by atoms with Crippen molar-refractivity contribution in [2.45, 2.75) is 70.7 Å². The van der Waals surface area contributed by atoms with Crippen LogP contribution in [0.2, 0.25) is 0 Å². The number of fused-ring (bicyclic) bond motifs is 1. The summed E-state index contributed by atoms with van der Waals surface area (Å²) in [5.74, 6) is -1.22. The molecule has 36 heavy (non-hydrogen) atoms. The molecular formula is C25H32F3N5O3. The third-order valence-corrected chi connectivity index (χ3v) is 6.83. The number of carbonyl (C=O) groups excluding carboxylic acids is 2. The number of hydrogen-bond donors (Lipinski definition) is 3. The Morgan fingerprint density at radius 2 is 1.92 bits per heavy atom. The Bertz CT molecular complexity index is 1150. The van der Waals surface area contributed by atoms with Gasteiger partial charge in [0.2, 0.25) is 0 Å². The molecule has 196 valence electrons. The zero-order chi connectivity index (χ0) is 26.3. The summed E-state index contributed by atoms with van der Waals surface area (Å²) in [6.07, 6.45) is -1.16. The maximum atomic E-state index is 13.8. The van der Waals surface area contributed by atoms with Crippen LogP contribution < -0.4 is 16.8 Å². The number of anilines is 1. The molecule has 8 nitrogen and oxygen atoms in total. The van der Waals surface area contributed by atoms with Gasteiger partial charge >= 0.3 is 6.18 Å². The fourth-order valence-electron chi connectivity index (χ4n) is 5.19. The van der Waals surface area contributed by atoms with E-state index in [2.05, 4.69) is 10.4 Å². The molecule has 1 amide bonds. The van der Waals surface area contributed by atoms with Gasteiger partial charge in [0.15, 0.2) is 11.5 Å². The van der Waals surface area contributed by atoms with Crippen LogP contribution in [-0.4, -0.2) is 46.8 Å². The van der Waals surface area contributed by atoms with Crippen LogP contribution in [0.4, 0.5) is 18.9 Å². The molecule has 2 aliphatic carbocycles. The average molecular weight is 508 g/mol. The summed E-state index contributed by atoms with van der Waals surface area (Å²) in [7, 11) is 0. The lowest BCUT2D eigenvalue weighted by Gasteiger charge is -2.30. The van der Waals surface area contributed by atoms with Crippen LogP contribution in [0, 0.1) is 5.41 Å². The van der Waals surface area contributed by atoms with Gasteiger partial charge in [-0.1, -0.05) is 13.8 Å². The Morgan fingerprint density at radius 1 is 1.22 bits per heavy atom. The first kappa shape index (κ1) is 26.2. The molecule has 1 aromatic carbocycles. The predicted molar refractivity (Wildman–Crippen MR) is 128 cm³/mol. The summed E-state index contributed by atoms with van der Waals surface area (Å²) in [6, 6.07) is 4.60. The Morgan fingerprint density at radius 3 is 2.53 bits per heavy atom. The maximum Gasteiger partial charge on any atom is 0.435 e. The van der Waals surface area contributed by atoms with E-state index in [1.165, 1.54) is 16.8 Å². The van der Waals surface area contributed by atoms with E-state index in [1.807, 2.05) is 13.8 Å². The molecule has 2 aromatic rings. The number of benzene rings is 1. The van der Waals surface area contributed by atoms with Crippen molar-refractivity contribution in [3.8, 4) is 5.69 Å². The lowest BCUT2D eigenvalue weighted by Crippen LogP contribution is -2.31. The van der Waals surface area contributed by atoms with E-state index in [1.54, 1.807) is 6.07 Å². The molecule has 0 spiro atoms. The van der Waals surface area contributed by atoms with Crippen LogP contribution in [0.1, 0.15) is 78.1 Å². The first-order valence-corrected chi connectivity index (χ1v) is 12.1. The standard InChI is InChI=1S/C25H32F3N5O3/c1-24(2)12-19-21(20(34)13-24)22(25(26,27)28)32-33(19)15-5-8-17(23(30)35)18(11-15)31-14-3-6-16(7-4-14)36-10-9-29/h5,8,11,14,16,31H,3-4,6-7,9-10,12-13,29H2,1-2H3,(H2,30,35)/t14-,16-. The van der Waals surface area contributed by atoms with E-state index in [-0.39, 0.29) is 41.8 Å². The van der Waals surface area contributed by atoms with Crippen molar-refractivity contribution < 1.29 is 27.5 Å². The predicted octanol–water partition coefficient (Wildman–Crippen LogP) is 3.84. The van der Waals surface area contributed by atoms with Crippen molar-refractivity contribution in [3.05, 3.63) is 40.7 Å². The van der Waals surface area contributed by atoms with Crippen LogP contribution in [0.5, 0.6) is 0 Å². The third kappa shape index (κ3) is 5.41. The molecule has 0 bridgehead atoms. The van der Waals surface area contributed by atoms with Crippen molar-refractivity contribution in [2.75, 3.05) is 18.5 Å². The first-order valence-electron chi connectivity index (χ1n) is 12.1. The van der Waals surface area contributed by atoms with E-state index in [4.69, 9.17) is 16.2 Å². The van der Waals surface area contributed by atoms with Crippen LogP contribution in [0.25, 0.3) is 5.69 Å². The molecular weight excluding hydrogens is 475 g/mol. The highest BCUT2D eigenvalue weighted by molar-refractivity contribution is 6.00. The largest absolute Gasteiger partial charge is 0.435 e. The van der Waals surface area contributed by atoms with Crippen molar-refractivity contribution in [3.63, 3.8) is 0 Å². The molecule has 11 heteroatoms. The SMILES string of the molecule is CC1(C)CC(=O)c2c(C(F)(F)F)nn(-c3ccc(C(N)=O)c(N[C@H]4CC[C@H](OCCN)CC4)c3)c2C1. The molecule has 1 aromatic heterocycles. The number of nitrogens with one attached hydrogen (secondary N) is 1. The second kappa shape index (κ2) is 9.85. The average Bonchev–Trinajstić information content (AvgIpc) is 3.17. The summed E-state index contributed by atoms with van der Waals surface area (Å²) in [5.41, 5.74) is 10.2. The number of rotatable bonds is 7. The molecule has 2 aliphatic rings. The van der Waals surface area contributed by atoms with Crippen molar-refractivity contribution in [1.82, 2.24) is 9.78 Å². The van der Waals surface area contributed by atoms with Gasteiger partial charge in [0, 0.05) is 24.7 Å². The Labute approximate surface area is 207 Å². The fourth-order valence-corrected chi connectivity index (χ4v) is 5.19. The van der Waals surface area contributed by atoms with E-state index in [0.717, 1.165) is 25.7 Å². The van der Waals surface area contributed by atoms with Crippen molar-refractivity contribution in [2.24, 2.45) is 16.9 Å². The minimum absolute atomic E-state index is 0.0138. The minimum Gasteiger partial charge on any atom is -0.382 e. The van der Waals surface area contributed by atoms with Gasteiger partial charge in [-0.2, -0.15) is 18.3 Å². The van der Waals surface area contributed by atoms with Gasteiger partial charge in [0.1, 0.15) is 0 Å². The van der Waals surface area contributed by atoms with Gasteiger partial charge in [0.25, 0.3) is 5.91 Å². The van der Waals surface area contributed by atoms with Crippen LogP contribution >= 0.6 is 0 Å². The zero-order valence-corrected chi connectivity index (χ0v) is 20.5. The highest BCUT2D eigenvalue weighted by atomic mass is 19.4. The number of primary amides is 1. The number of ketones is 1. The molecule has 0 unspecified atom stereocenters. The number of carbonyl (C=O) groups is 2. The molecule has 5 N–H and O–H groups in total. The molecule has 4 rings (SSSR count). The highest BCUT2D eigenvalue weighted by Crippen LogP contribution is 2.42. The lowest BCUT2D eigenvalue weighted by molar-refractivity contribution is -0.141. The van der Waals surface area contributed by atoms with Gasteiger partial charge in [0.05, 0.1) is 35.2 Å². The number of nitrogens with two attached hydrogens (primary N) is 2. The normalized spacial score (nSPS) is 21.8. The van der Waals surface area contributed by atoms with E-state index >= 15 is 0 Å². The topological polar surface area (TPSA) is 125 Å². The molecule has 0 aliphatic heterocycles. The zero-order valence-electron chi connectivity index (χ0n) is 20.5. The van der Waals surface area contributed by atoms with E-state index in [9.17, 15) is 22.8 Å². The minimum atomic E-state index is -4.77. The molecule has 0 radical (unpaired) electrons. The molecule has 1 heterocycles. The fraction of sp³-hybridized carbons (Fsp3) is 0.560. The van der Waals surface area contributed by atoms with Crippen LogP contribution in [0.15, 0.2) is 18.2 Å². The van der Waals surface area contributed by atoms with Crippen molar-refractivity contribution >= 4 is 17.4 Å². The number of Topliss-reactive ketones (excluding diaryl/α,β-unsaturated/α-hetero) is 1. The van der Waals surface area contributed by atoms with Crippen molar-refractivity contribution in [1.29, 1.82) is 0 Å². The second-order valence-electron chi connectivity index (χ2n) is 10.4.